The van der Waals surface area contributed by atoms with Crippen molar-refractivity contribution in [3.05, 3.63) is 65.2 Å². The Balaban J connectivity index is 1.87. The van der Waals surface area contributed by atoms with Crippen molar-refractivity contribution in [1.82, 2.24) is 20.1 Å². The fraction of sp³-hybridized carbons (Fsp3) is 0.286. The van der Waals surface area contributed by atoms with E-state index >= 15 is 0 Å². The Hall–Kier alpha value is -2.31. The number of thioether (sulfide) groups is 1. The van der Waals surface area contributed by atoms with Crippen LogP contribution in [0.1, 0.15) is 25.8 Å². The van der Waals surface area contributed by atoms with Crippen LogP contribution in [0.15, 0.2) is 59.8 Å². The molecule has 0 aliphatic carbocycles. The highest BCUT2D eigenvalue weighted by atomic mass is 35.5. The third kappa shape index (κ3) is 5.14. The van der Waals surface area contributed by atoms with Gasteiger partial charge in [-0.3, -0.25) is 9.36 Å². The second kappa shape index (κ2) is 9.75. The van der Waals surface area contributed by atoms with Crippen LogP contribution in [0.25, 0.3) is 11.4 Å². The van der Waals surface area contributed by atoms with Crippen molar-refractivity contribution < 1.29 is 4.79 Å². The van der Waals surface area contributed by atoms with Crippen molar-refractivity contribution in [3.63, 3.8) is 0 Å². The summed E-state index contributed by atoms with van der Waals surface area (Å²) in [5, 5.41) is 13.0. The van der Waals surface area contributed by atoms with Gasteiger partial charge >= 0.3 is 0 Å². The van der Waals surface area contributed by atoms with Gasteiger partial charge < -0.3 is 5.32 Å². The smallest absolute Gasteiger partial charge is 0.230 e. The van der Waals surface area contributed by atoms with E-state index in [9.17, 15) is 4.79 Å². The number of nitrogens with one attached hydrogen (secondary N) is 1. The van der Waals surface area contributed by atoms with E-state index in [1.165, 1.54) is 11.8 Å². The molecule has 146 valence electrons. The molecular formula is C21H23ClN4OS. The maximum absolute atomic E-state index is 12.2. The van der Waals surface area contributed by atoms with Gasteiger partial charge in [0, 0.05) is 11.6 Å². The largest absolute Gasteiger partial charge is 0.353 e. The molecule has 1 aromatic heterocycles. The summed E-state index contributed by atoms with van der Waals surface area (Å²) >= 11 is 7.77. The predicted octanol–water partition coefficient (Wildman–Crippen LogP) is 4.65. The van der Waals surface area contributed by atoms with Gasteiger partial charge in [-0.25, -0.2) is 0 Å². The molecule has 0 aliphatic heterocycles. The molecule has 3 aromatic rings. The highest BCUT2D eigenvalue weighted by Gasteiger charge is 2.18. The molecule has 0 saturated carbocycles. The molecule has 0 saturated heterocycles. The highest BCUT2D eigenvalue weighted by Crippen LogP contribution is 2.29. The van der Waals surface area contributed by atoms with Crippen LogP contribution >= 0.6 is 23.4 Å². The Morgan fingerprint density at radius 2 is 1.86 bits per heavy atom. The normalized spacial score (nSPS) is 12.0. The first-order valence-corrected chi connectivity index (χ1v) is 10.6. The lowest BCUT2D eigenvalue weighted by Crippen LogP contribution is -2.33. The number of hydrogen-bond donors (Lipinski definition) is 1. The van der Waals surface area contributed by atoms with Crippen LogP contribution in [0.3, 0.4) is 0 Å². The average molecular weight is 415 g/mol. The first-order valence-electron chi connectivity index (χ1n) is 9.22. The second-order valence-corrected chi connectivity index (χ2v) is 7.87. The fourth-order valence-electron chi connectivity index (χ4n) is 2.69. The molecule has 0 aliphatic rings. The molecule has 0 spiro atoms. The zero-order valence-electron chi connectivity index (χ0n) is 15.9. The minimum atomic E-state index is -0.00657. The molecule has 0 radical (unpaired) electrons. The number of hydrogen-bond acceptors (Lipinski definition) is 4. The van der Waals surface area contributed by atoms with Crippen molar-refractivity contribution in [1.29, 1.82) is 0 Å². The van der Waals surface area contributed by atoms with Crippen LogP contribution < -0.4 is 5.32 Å². The number of halogens is 1. The van der Waals surface area contributed by atoms with E-state index in [0.717, 1.165) is 17.5 Å². The maximum atomic E-state index is 12.2. The van der Waals surface area contributed by atoms with E-state index < -0.39 is 0 Å². The molecule has 1 amide bonds. The molecule has 1 atom stereocenters. The standard InChI is InChI=1S/C21H23ClN4OS/c1-3-15(2)23-19(27)14-28-21-25-24-20(17-11-7-8-12-18(17)22)26(21)13-16-9-5-4-6-10-16/h4-12,15H,3,13-14H2,1-2H3,(H,23,27)/t15-/m0/s1. The van der Waals surface area contributed by atoms with E-state index in [4.69, 9.17) is 11.6 Å². The fourth-order valence-corrected chi connectivity index (χ4v) is 3.66. The molecule has 2 aromatic carbocycles. The van der Waals surface area contributed by atoms with Gasteiger partial charge in [-0.1, -0.05) is 72.8 Å². The van der Waals surface area contributed by atoms with Crippen molar-refractivity contribution >= 4 is 29.3 Å². The lowest BCUT2D eigenvalue weighted by Gasteiger charge is -2.13. The van der Waals surface area contributed by atoms with Crippen LogP contribution in [0.4, 0.5) is 0 Å². The third-order valence-corrected chi connectivity index (χ3v) is 5.66. The van der Waals surface area contributed by atoms with E-state index in [1.54, 1.807) is 0 Å². The minimum absolute atomic E-state index is 0.00657. The summed E-state index contributed by atoms with van der Waals surface area (Å²) in [5.74, 6) is 0.979. The third-order valence-electron chi connectivity index (χ3n) is 4.37. The van der Waals surface area contributed by atoms with Gasteiger partial charge in [-0.2, -0.15) is 0 Å². The summed E-state index contributed by atoms with van der Waals surface area (Å²) in [5.41, 5.74) is 1.95. The van der Waals surface area contributed by atoms with Crippen molar-refractivity contribution in [2.24, 2.45) is 0 Å². The Bertz CT molecular complexity index is 929. The number of carbonyl (C=O) groups excluding carboxylic acids is 1. The topological polar surface area (TPSA) is 59.8 Å². The maximum Gasteiger partial charge on any atom is 0.230 e. The summed E-state index contributed by atoms with van der Waals surface area (Å²) in [6, 6.07) is 17.8. The van der Waals surface area contributed by atoms with Crippen LogP contribution in [0.5, 0.6) is 0 Å². The van der Waals surface area contributed by atoms with Crippen LogP contribution in [-0.4, -0.2) is 32.5 Å². The van der Waals surface area contributed by atoms with E-state index in [2.05, 4.69) is 27.6 Å². The van der Waals surface area contributed by atoms with Gasteiger partial charge in [0.25, 0.3) is 0 Å². The van der Waals surface area contributed by atoms with Crippen LogP contribution in [-0.2, 0) is 11.3 Å². The van der Waals surface area contributed by atoms with Crippen molar-refractivity contribution in [2.75, 3.05) is 5.75 Å². The second-order valence-electron chi connectivity index (χ2n) is 6.52. The zero-order valence-corrected chi connectivity index (χ0v) is 17.5. The zero-order chi connectivity index (χ0) is 19.9. The number of amides is 1. The predicted molar refractivity (Wildman–Crippen MR) is 115 cm³/mol. The molecule has 28 heavy (non-hydrogen) atoms. The average Bonchev–Trinajstić information content (AvgIpc) is 3.09. The SMILES string of the molecule is CC[C@H](C)NC(=O)CSc1nnc(-c2ccccc2Cl)n1Cc1ccccc1. The van der Waals surface area contributed by atoms with Gasteiger partial charge in [-0.15, -0.1) is 10.2 Å². The molecule has 5 nitrogen and oxygen atoms in total. The van der Waals surface area contributed by atoms with Gasteiger partial charge in [-0.05, 0) is 31.0 Å². The first-order chi connectivity index (χ1) is 13.6. The van der Waals surface area contributed by atoms with Crippen LogP contribution in [0.2, 0.25) is 5.02 Å². The quantitative estimate of drug-likeness (QED) is 0.545. The van der Waals surface area contributed by atoms with Gasteiger partial charge in [0.15, 0.2) is 11.0 Å². The molecule has 3 rings (SSSR count). The van der Waals surface area contributed by atoms with E-state index in [-0.39, 0.29) is 11.9 Å². The summed E-state index contributed by atoms with van der Waals surface area (Å²) < 4.78 is 2.01. The Labute approximate surface area is 174 Å². The molecule has 0 unspecified atom stereocenters. The lowest BCUT2D eigenvalue weighted by atomic mass is 10.2. The minimum Gasteiger partial charge on any atom is -0.353 e. The molecule has 0 bridgehead atoms. The Kier molecular flexibility index (Phi) is 7.12. The first kappa shape index (κ1) is 20.4. The van der Waals surface area contributed by atoms with Crippen molar-refractivity contribution in [2.45, 2.75) is 38.0 Å². The summed E-state index contributed by atoms with van der Waals surface area (Å²) in [4.78, 5) is 12.2. The van der Waals surface area contributed by atoms with Crippen molar-refractivity contribution in [3.8, 4) is 11.4 Å². The molecule has 1 heterocycles. The summed E-state index contributed by atoms with van der Waals surface area (Å²) in [6.07, 6.45) is 0.900. The number of aromatic nitrogens is 3. The Morgan fingerprint density at radius 1 is 1.14 bits per heavy atom. The highest BCUT2D eigenvalue weighted by molar-refractivity contribution is 7.99. The number of benzene rings is 2. The molecule has 1 N–H and O–H groups in total. The van der Waals surface area contributed by atoms with E-state index in [1.807, 2.05) is 60.9 Å². The van der Waals surface area contributed by atoms with Gasteiger partial charge in [0.05, 0.1) is 17.3 Å². The number of rotatable bonds is 8. The Morgan fingerprint density at radius 3 is 2.57 bits per heavy atom. The monoisotopic (exact) mass is 414 g/mol. The number of carbonyl (C=O) groups is 1. The summed E-state index contributed by atoms with van der Waals surface area (Å²) in [6.45, 7) is 4.64. The molecule has 0 fully saturated rings. The summed E-state index contributed by atoms with van der Waals surface area (Å²) in [7, 11) is 0. The van der Waals surface area contributed by atoms with E-state index in [0.29, 0.717) is 28.3 Å². The molecule has 7 heteroatoms. The molecular weight excluding hydrogens is 392 g/mol. The number of nitrogens with zero attached hydrogens (tertiary/aromatic N) is 3. The van der Waals surface area contributed by atoms with Crippen LogP contribution in [0, 0.1) is 0 Å². The lowest BCUT2D eigenvalue weighted by molar-refractivity contribution is -0.119. The van der Waals surface area contributed by atoms with Gasteiger partial charge in [0.1, 0.15) is 0 Å². The van der Waals surface area contributed by atoms with Gasteiger partial charge in [0.2, 0.25) is 5.91 Å².